The first-order valence-corrected chi connectivity index (χ1v) is 9.63. The van der Waals surface area contributed by atoms with Gasteiger partial charge in [-0.25, -0.2) is 0 Å². The van der Waals surface area contributed by atoms with E-state index < -0.39 is 0 Å². The Morgan fingerprint density at radius 2 is 1.63 bits per heavy atom. The summed E-state index contributed by atoms with van der Waals surface area (Å²) in [5, 5.41) is 0. The van der Waals surface area contributed by atoms with E-state index >= 15 is 0 Å². The third kappa shape index (κ3) is 5.34. The van der Waals surface area contributed by atoms with E-state index in [1.807, 2.05) is 4.90 Å². The van der Waals surface area contributed by atoms with Gasteiger partial charge in [-0.2, -0.15) is 0 Å². The molecule has 0 N–H and O–H groups in total. The number of amides is 1. The van der Waals surface area contributed by atoms with Gasteiger partial charge in [-0.3, -0.25) is 9.69 Å². The lowest BCUT2D eigenvalue weighted by molar-refractivity contribution is 0.0141. The number of benzene rings is 1. The average Bonchev–Trinajstić information content (AvgIpc) is 2.74. The lowest BCUT2D eigenvalue weighted by Crippen LogP contribution is -2.48. The van der Waals surface area contributed by atoms with Crippen molar-refractivity contribution in [2.45, 2.75) is 18.9 Å². The van der Waals surface area contributed by atoms with Gasteiger partial charge in [-0.1, -0.05) is 0 Å². The van der Waals surface area contributed by atoms with Crippen LogP contribution in [0.25, 0.3) is 0 Å². The molecule has 0 radical (unpaired) electrons. The highest BCUT2D eigenvalue weighted by molar-refractivity contribution is 5.95. The molecule has 2 aliphatic rings. The molecule has 0 saturated carbocycles. The standard InChI is InChI=1S/C20H30N2O5/c1-24-18-13-16(14-19(15-18)25-2)20(23)22(17-3-9-26-10-4-17)6-5-21-7-11-27-12-8-21/h13-15,17H,3-12H2,1-2H3. The number of nitrogens with zero attached hydrogens (tertiary/aromatic N) is 2. The minimum Gasteiger partial charge on any atom is -0.497 e. The van der Waals surface area contributed by atoms with Crippen molar-refractivity contribution in [3.63, 3.8) is 0 Å². The van der Waals surface area contributed by atoms with Crippen LogP contribution < -0.4 is 9.47 Å². The average molecular weight is 378 g/mol. The van der Waals surface area contributed by atoms with Crippen molar-refractivity contribution in [1.29, 1.82) is 0 Å². The molecular formula is C20H30N2O5. The zero-order valence-corrected chi connectivity index (χ0v) is 16.3. The molecule has 1 amide bonds. The van der Waals surface area contributed by atoms with Gasteiger partial charge in [0, 0.05) is 57.1 Å². The minimum absolute atomic E-state index is 0.0207. The van der Waals surface area contributed by atoms with Crippen molar-refractivity contribution >= 4 is 5.91 Å². The molecular weight excluding hydrogens is 348 g/mol. The number of carbonyl (C=O) groups is 1. The summed E-state index contributed by atoms with van der Waals surface area (Å²) in [5.74, 6) is 1.27. The lowest BCUT2D eigenvalue weighted by atomic mass is 10.0. The van der Waals surface area contributed by atoms with Gasteiger partial charge in [0.05, 0.1) is 27.4 Å². The predicted octanol–water partition coefficient (Wildman–Crippen LogP) is 1.66. The second kappa shape index (κ2) is 9.92. The molecule has 1 aromatic carbocycles. The third-order valence-electron chi connectivity index (χ3n) is 5.25. The van der Waals surface area contributed by atoms with Gasteiger partial charge in [0.2, 0.25) is 0 Å². The van der Waals surface area contributed by atoms with Crippen LogP contribution in [0.1, 0.15) is 23.2 Å². The fourth-order valence-electron chi connectivity index (χ4n) is 3.62. The Morgan fingerprint density at radius 1 is 1.04 bits per heavy atom. The third-order valence-corrected chi connectivity index (χ3v) is 5.25. The topological polar surface area (TPSA) is 60.5 Å². The molecule has 3 rings (SSSR count). The Labute approximate surface area is 161 Å². The van der Waals surface area contributed by atoms with Gasteiger partial charge < -0.3 is 23.8 Å². The maximum Gasteiger partial charge on any atom is 0.254 e. The van der Waals surface area contributed by atoms with Crippen LogP contribution in [0, 0.1) is 0 Å². The van der Waals surface area contributed by atoms with Crippen LogP contribution in [0.15, 0.2) is 18.2 Å². The first kappa shape index (κ1) is 19.9. The molecule has 0 bridgehead atoms. The van der Waals surface area contributed by atoms with Crippen molar-refractivity contribution in [2.75, 3.05) is 66.8 Å². The van der Waals surface area contributed by atoms with Gasteiger partial charge >= 0.3 is 0 Å². The normalized spacial score (nSPS) is 18.9. The molecule has 27 heavy (non-hydrogen) atoms. The van der Waals surface area contributed by atoms with Crippen LogP contribution >= 0.6 is 0 Å². The highest BCUT2D eigenvalue weighted by Crippen LogP contribution is 2.25. The van der Waals surface area contributed by atoms with E-state index in [0.29, 0.717) is 36.8 Å². The molecule has 2 heterocycles. The number of morpholine rings is 1. The summed E-state index contributed by atoms with van der Waals surface area (Å²) < 4.78 is 21.6. The van der Waals surface area contributed by atoms with E-state index in [-0.39, 0.29) is 11.9 Å². The van der Waals surface area contributed by atoms with Gasteiger partial charge in [0.25, 0.3) is 5.91 Å². The molecule has 0 unspecified atom stereocenters. The monoisotopic (exact) mass is 378 g/mol. The van der Waals surface area contributed by atoms with Crippen molar-refractivity contribution in [1.82, 2.24) is 9.80 Å². The summed E-state index contributed by atoms with van der Waals surface area (Å²) in [5.41, 5.74) is 0.597. The molecule has 1 aromatic rings. The predicted molar refractivity (Wildman–Crippen MR) is 102 cm³/mol. The lowest BCUT2D eigenvalue weighted by Gasteiger charge is -2.36. The van der Waals surface area contributed by atoms with E-state index in [1.54, 1.807) is 32.4 Å². The zero-order chi connectivity index (χ0) is 19.1. The Hall–Kier alpha value is -1.83. The molecule has 2 saturated heterocycles. The fourth-order valence-corrected chi connectivity index (χ4v) is 3.62. The maximum absolute atomic E-state index is 13.4. The summed E-state index contributed by atoms with van der Waals surface area (Å²) in [4.78, 5) is 17.7. The summed E-state index contributed by atoms with van der Waals surface area (Å²) in [6.07, 6.45) is 1.74. The smallest absolute Gasteiger partial charge is 0.254 e. The fraction of sp³-hybridized carbons (Fsp3) is 0.650. The Kier molecular flexibility index (Phi) is 7.32. The number of carbonyl (C=O) groups excluding carboxylic acids is 1. The van der Waals surface area contributed by atoms with Gasteiger partial charge in [-0.05, 0) is 25.0 Å². The first-order chi connectivity index (χ1) is 13.2. The molecule has 0 aromatic heterocycles. The number of rotatable bonds is 7. The number of hydrogen-bond acceptors (Lipinski definition) is 6. The second-order valence-corrected chi connectivity index (χ2v) is 6.90. The van der Waals surface area contributed by atoms with Crippen LogP contribution in [-0.2, 0) is 9.47 Å². The van der Waals surface area contributed by atoms with Crippen LogP contribution in [0.2, 0.25) is 0 Å². The zero-order valence-electron chi connectivity index (χ0n) is 16.3. The summed E-state index contributed by atoms with van der Waals surface area (Å²) in [6.45, 7) is 6.32. The quantitative estimate of drug-likeness (QED) is 0.719. The Bertz CT molecular complexity index is 590. The van der Waals surface area contributed by atoms with E-state index in [0.717, 1.165) is 45.7 Å². The molecule has 7 heteroatoms. The van der Waals surface area contributed by atoms with Crippen LogP contribution in [0.4, 0.5) is 0 Å². The number of ether oxygens (including phenoxy) is 4. The van der Waals surface area contributed by atoms with Gasteiger partial charge in [0.1, 0.15) is 11.5 Å². The van der Waals surface area contributed by atoms with Crippen LogP contribution in [0.5, 0.6) is 11.5 Å². The largest absolute Gasteiger partial charge is 0.497 e. The summed E-state index contributed by atoms with van der Waals surface area (Å²) in [7, 11) is 3.19. The molecule has 2 aliphatic heterocycles. The first-order valence-electron chi connectivity index (χ1n) is 9.63. The molecule has 0 aliphatic carbocycles. The molecule has 7 nitrogen and oxygen atoms in total. The SMILES string of the molecule is COc1cc(OC)cc(C(=O)N(CCN2CCOCC2)C2CCOCC2)c1. The van der Waals surface area contributed by atoms with E-state index in [4.69, 9.17) is 18.9 Å². The maximum atomic E-state index is 13.4. The molecule has 0 spiro atoms. The highest BCUT2D eigenvalue weighted by Gasteiger charge is 2.28. The molecule has 0 atom stereocenters. The Morgan fingerprint density at radius 3 is 2.22 bits per heavy atom. The van der Waals surface area contributed by atoms with Crippen molar-refractivity contribution in [3.05, 3.63) is 23.8 Å². The summed E-state index contributed by atoms with van der Waals surface area (Å²) in [6, 6.07) is 5.55. The highest BCUT2D eigenvalue weighted by atomic mass is 16.5. The van der Waals surface area contributed by atoms with Crippen molar-refractivity contribution < 1.29 is 23.7 Å². The van der Waals surface area contributed by atoms with Gasteiger partial charge in [0.15, 0.2) is 0 Å². The van der Waals surface area contributed by atoms with Crippen molar-refractivity contribution in [2.24, 2.45) is 0 Å². The van der Waals surface area contributed by atoms with E-state index in [9.17, 15) is 4.79 Å². The Balaban J connectivity index is 1.76. The number of hydrogen-bond donors (Lipinski definition) is 0. The molecule has 2 fully saturated rings. The van der Waals surface area contributed by atoms with Gasteiger partial charge in [-0.15, -0.1) is 0 Å². The number of methoxy groups -OCH3 is 2. The minimum atomic E-state index is 0.0207. The van der Waals surface area contributed by atoms with E-state index in [1.165, 1.54) is 0 Å². The van der Waals surface area contributed by atoms with Crippen LogP contribution in [-0.4, -0.2) is 88.6 Å². The second-order valence-electron chi connectivity index (χ2n) is 6.90. The van der Waals surface area contributed by atoms with Crippen LogP contribution in [0.3, 0.4) is 0 Å². The van der Waals surface area contributed by atoms with Crippen molar-refractivity contribution in [3.8, 4) is 11.5 Å². The molecule has 150 valence electrons. The summed E-state index contributed by atoms with van der Waals surface area (Å²) >= 11 is 0. The van der Waals surface area contributed by atoms with E-state index in [2.05, 4.69) is 4.90 Å².